The SMILES string of the molecule is CSN1CC2(CC2)C[C@@H]1C. The van der Waals surface area contributed by atoms with Crippen LogP contribution in [0.15, 0.2) is 0 Å². The fourth-order valence-electron chi connectivity index (χ4n) is 2.06. The summed E-state index contributed by atoms with van der Waals surface area (Å²) in [6.07, 6.45) is 6.63. The van der Waals surface area contributed by atoms with E-state index in [9.17, 15) is 0 Å². The maximum atomic E-state index is 2.53. The summed E-state index contributed by atoms with van der Waals surface area (Å²) in [7, 11) is 0. The van der Waals surface area contributed by atoms with E-state index in [0.717, 1.165) is 11.5 Å². The molecule has 1 saturated carbocycles. The highest BCUT2D eigenvalue weighted by Crippen LogP contribution is 2.55. The molecule has 2 fully saturated rings. The van der Waals surface area contributed by atoms with E-state index in [-0.39, 0.29) is 0 Å². The van der Waals surface area contributed by atoms with Gasteiger partial charge in [-0.15, -0.1) is 0 Å². The summed E-state index contributed by atoms with van der Waals surface area (Å²) >= 11 is 1.92. The Bertz CT molecular complexity index is 142. The third-order valence-corrected chi connectivity index (χ3v) is 3.86. The Morgan fingerprint density at radius 2 is 2.20 bits per heavy atom. The van der Waals surface area contributed by atoms with Gasteiger partial charge in [-0.05, 0) is 37.9 Å². The molecule has 1 aliphatic carbocycles. The Labute approximate surface area is 67.3 Å². The van der Waals surface area contributed by atoms with E-state index in [1.54, 1.807) is 0 Å². The van der Waals surface area contributed by atoms with Crippen LogP contribution in [-0.2, 0) is 0 Å². The van der Waals surface area contributed by atoms with Gasteiger partial charge < -0.3 is 0 Å². The first-order valence-electron chi connectivity index (χ1n) is 4.07. The largest absolute Gasteiger partial charge is 0.247 e. The van der Waals surface area contributed by atoms with E-state index in [2.05, 4.69) is 17.5 Å². The summed E-state index contributed by atoms with van der Waals surface area (Å²) in [5.41, 5.74) is 0.794. The Hall–Kier alpha value is 0.310. The number of nitrogens with zero attached hydrogens (tertiary/aromatic N) is 1. The first kappa shape index (κ1) is 6.99. The van der Waals surface area contributed by atoms with Gasteiger partial charge in [-0.25, -0.2) is 4.31 Å². The number of hydrogen-bond acceptors (Lipinski definition) is 2. The summed E-state index contributed by atoms with van der Waals surface area (Å²) in [5, 5.41) is 0. The van der Waals surface area contributed by atoms with Crippen molar-refractivity contribution in [2.24, 2.45) is 5.41 Å². The molecule has 2 aliphatic rings. The van der Waals surface area contributed by atoms with E-state index < -0.39 is 0 Å². The lowest BCUT2D eigenvalue weighted by Crippen LogP contribution is -2.18. The molecule has 1 atom stereocenters. The van der Waals surface area contributed by atoms with Gasteiger partial charge in [0, 0.05) is 12.6 Å². The van der Waals surface area contributed by atoms with E-state index in [1.165, 1.54) is 25.8 Å². The minimum Gasteiger partial charge on any atom is -0.247 e. The van der Waals surface area contributed by atoms with Crippen molar-refractivity contribution >= 4 is 11.9 Å². The quantitative estimate of drug-likeness (QED) is 0.536. The van der Waals surface area contributed by atoms with Gasteiger partial charge in [0.05, 0.1) is 0 Å². The fraction of sp³-hybridized carbons (Fsp3) is 1.00. The molecule has 2 heteroatoms. The number of hydrogen-bond donors (Lipinski definition) is 0. The van der Waals surface area contributed by atoms with Crippen LogP contribution in [0.3, 0.4) is 0 Å². The van der Waals surface area contributed by atoms with Crippen molar-refractivity contribution in [3.8, 4) is 0 Å². The van der Waals surface area contributed by atoms with Crippen LogP contribution in [-0.4, -0.2) is 23.1 Å². The van der Waals surface area contributed by atoms with E-state index >= 15 is 0 Å². The van der Waals surface area contributed by atoms with Gasteiger partial charge in [-0.3, -0.25) is 0 Å². The maximum absolute atomic E-state index is 2.53. The van der Waals surface area contributed by atoms with Gasteiger partial charge in [-0.2, -0.15) is 0 Å². The van der Waals surface area contributed by atoms with Gasteiger partial charge in [-0.1, -0.05) is 11.9 Å². The third kappa shape index (κ3) is 0.978. The fourth-order valence-corrected chi connectivity index (χ4v) is 2.90. The summed E-state index contributed by atoms with van der Waals surface area (Å²) in [6, 6.07) is 0.831. The highest BCUT2D eigenvalue weighted by molar-refractivity contribution is 7.96. The Kier molecular flexibility index (Phi) is 1.50. The van der Waals surface area contributed by atoms with E-state index in [0.29, 0.717) is 0 Å². The molecule has 1 aliphatic heterocycles. The molecule has 2 rings (SSSR count). The molecule has 0 aromatic heterocycles. The second-order valence-corrected chi connectivity index (χ2v) is 4.65. The minimum atomic E-state index is 0.794. The first-order valence-corrected chi connectivity index (χ1v) is 5.25. The van der Waals surface area contributed by atoms with E-state index in [1.807, 2.05) is 11.9 Å². The lowest BCUT2D eigenvalue weighted by atomic mass is 10.0. The van der Waals surface area contributed by atoms with Crippen LogP contribution < -0.4 is 0 Å². The van der Waals surface area contributed by atoms with Crippen molar-refractivity contribution in [3.05, 3.63) is 0 Å². The van der Waals surface area contributed by atoms with Crippen LogP contribution in [0.1, 0.15) is 26.2 Å². The lowest BCUT2D eigenvalue weighted by molar-refractivity contribution is 0.463. The number of rotatable bonds is 1. The molecule has 0 aromatic rings. The van der Waals surface area contributed by atoms with Gasteiger partial charge in [0.25, 0.3) is 0 Å². The summed E-state index contributed by atoms with van der Waals surface area (Å²) in [4.78, 5) is 0. The zero-order valence-corrected chi connectivity index (χ0v) is 7.58. The van der Waals surface area contributed by atoms with Gasteiger partial charge in [0.1, 0.15) is 0 Å². The van der Waals surface area contributed by atoms with Crippen molar-refractivity contribution < 1.29 is 0 Å². The molecule has 0 amide bonds. The molecule has 1 spiro atoms. The molecule has 1 nitrogen and oxygen atoms in total. The second kappa shape index (κ2) is 2.15. The molecule has 1 saturated heterocycles. The smallest absolute Gasteiger partial charge is 0.0180 e. The normalized spacial score (nSPS) is 37.2. The first-order chi connectivity index (χ1) is 4.76. The van der Waals surface area contributed by atoms with Crippen LogP contribution in [0.25, 0.3) is 0 Å². The van der Waals surface area contributed by atoms with Crippen LogP contribution in [0.5, 0.6) is 0 Å². The average Bonchev–Trinajstić information content (AvgIpc) is 2.55. The summed E-state index contributed by atoms with van der Waals surface area (Å²) in [5.74, 6) is 0. The molecule has 0 N–H and O–H groups in total. The average molecular weight is 157 g/mol. The highest BCUT2D eigenvalue weighted by Gasteiger charge is 2.50. The molecule has 0 bridgehead atoms. The summed E-state index contributed by atoms with van der Waals surface area (Å²) < 4.78 is 2.53. The molecule has 0 unspecified atom stereocenters. The zero-order valence-electron chi connectivity index (χ0n) is 6.76. The van der Waals surface area contributed by atoms with Crippen LogP contribution in [0, 0.1) is 5.41 Å². The monoisotopic (exact) mass is 157 g/mol. The molecular formula is C8H15NS. The van der Waals surface area contributed by atoms with Crippen molar-refractivity contribution in [3.63, 3.8) is 0 Å². The highest BCUT2D eigenvalue weighted by atomic mass is 32.2. The standard InChI is InChI=1S/C8H15NS/c1-7-5-8(3-4-8)6-9(7)10-2/h7H,3-6H2,1-2H3/t7-/m0/s1. The Balaban J connectivity index is 2.00. The topological polar surface area (TPSA) is 3.24 Å². The van der Waals surface area contributed by atoms with Crippen molar-refractivity contribution in [1.29, 1.82) is 0 Å². The third-order valence-electron chi connectivity index (χ3n) is 2.90. The minimum absolute atomic E-state index is 0.794. The van der Waals surface area contributed by atoms with Gasteiger partial charge in [0.2, 0.25) is 0 Å². The predicted octanol–water partition coefficient (Wildman–Crippen LogP) is 2.14. The summed E-state index contributed by atoms with van der Waals surface area (Å²) in [6.45, 7) is 3.71. The van der Waals surface area contributed by atoms with Crippen molar-refractivity contribution in [2.45, 2.75) is 32.2 Å². The van der Waals surface area contributed by atoms with Crippen LogP contribution in [0.2, 0.25) is 0 Å². The molecule has 0 radical (unpaired) electrons. The van der Waals surface area contributed by atoms with Crippen molar-refractivity contribution in [2.75, 3.05) is 12.8 Å². The lowest BCUT2D eigenvalue weighted by Gasteiger charge is -2.16. The Morgan fingerprint density at radius 3 is 2.50 bits per heavy atom. The van der Waals surface area contributed by atoms with Gasteiger partial charge >= 0.3 is 0 Å². The maximum Gasteiger partial charge on any atom is 0.0180 e. The molecule has 0 aromatic carbocycles. The zero-order chi connectivity index (χ0) is 7.19. The molecular weight excluding hydrogens is 142 g/mol. The second-order valence-electron chi connectivity index (χ2n) is 3.81. The predicted molar refractivity (Wildman–Crippen MR) is 46.0 cm³/mol. The van der Waals surface area contributed by atoms with Crippen LogP contribution in [0.4, 0.5) is 0 Å². The molecule has 1 heterocycles. The Morgan fingerprint density at radius 1 is 1.50 bits per heavy atom. The van der Waals surface area contributed by atoms with E-state index in [4.69, 9.17) is 0 Å². The van der Waals surface area contributed by atoms with Crippen molar-refractivity contribution in [1.82, 2.24) is 4.31 Å². The molecule has 10 heavy (non-hydrogen) atoms. The van der Waals surface area contributed by atoms with Crippen LogP contribution >= 0.6 is 11.9 Å². The molecule has 58 valence electrons. The van der Waals surface area contributed by atoms with Gasteiger partial charge in [0.15, 0.2) is 0 Å².